The highest BCUT2D eigenvalue weighted by atomic mass is 16.9. The smallest absolute Gasteiger partial charge is 0.272 e. The number of hydrogen-bond acceptors (Lipinski definition) is 6. The summed E-state index contributed by atoms with van der Waals surface area (Å²) in [5.41, 5.74) is 2.11. The van der Waals surface area contributed by atoms with Crippen molar-refractivity contribution in [2.75, 3.05) is 0 Å². The standard InChI is InChI=1S/C21H22O6/c22-15-16-18(23-11-13-7-3-1-4-8-13)20-19(17(15)26-21(25-16)27-20)24-12-14-9-5-2-6-10-14/h1-10,15-22H,11-12H2/t15?,16-,17+,18-,19-,20?,21?/m1/s1. The lowest BCUT2D eigenvalue weighted by Crippen LogP contribution is -2.75. The predicted octanol–water partition coefficient (Wildman–Crippen LogP) is 2.00. The number of benzene rings is 2. The van der Waals surface area contributed by atoms with Crippen LogP contribution in [0, 0.1) is 0 Å². The van der Waals surface area contributed by atoms with Crippen LogP contribution in [-0.4, -0.2) is 48.2 Å². The lowest BCUT2D eigenvalue weighted by molar-refractivity contribution is -0.487. The van der Waals surface area contributed by atoms with Crippen LogP contribution >= 0.6 is 0 Å². The molecule has 6 nitrogen and oxygen atoms in total. The van der Waals surface area contributed by atoms with Gasteiger partial charge in [0.05, 0.1) is 13.2 Å². The van der Waals surface area contributed by atoms with Crippen LogP contribution in [0.2, 0.25) is 0 Å². The van der Waals surface area contributed by atoms with Crippen molar-refractivity contribution >= 4 is 0 Å². The summed E-state index contributed by atoms with van der Waals surface area (Å²) >= 11 is 0. The van der Waals surface area contributed by atoms with Gasteiger partial charge in [0, 0.05) is 0 Å². The first kappa shape index (κ1) is 17.3. The maximum absolute atomic E-state index is 10.7. The van der Waals surface area contributed by atoms with Gasteiger partial charge < -0.3 is 28.8 Å². The highest BCUT2D eigenvalue weighted by Crippen LogP contribution is 2.42. The van der Waals surface area contributed by atoms with Gasteiger partial charge in [0.15, 0.2) is 0 Å². The fourth-order valence-corrected chi connectivity index (χ4v) is 4.00. The summed E-state index contributed by atoms with van der Waals surface area (Å²) in [6.45, 7) is 0.0700. The topological polar surface area (TPSA) is 66.4 Å². The van der Waals surface area contributed by atoms with Crippen molar-refractivity contribution < 1.29 is 28.8 Å². The molecule has 0 spiro atoms. The Morgan fingerprint density at radius 3 is 1.59 bits per heavy atom. The number of aliphatic hydroxyl groups is 1. The third-order valence-corrected chi connectivity index (χ3v) is 5.34. The van der Waals surface area contributed by atoms with Crippen LogP contribution < -0.4 is 0 Å². The molecule has 3 saturated heterocycles. The molecule has 3 aliphatic heterocycles. The van der Waals surface area contributed by atoms with Crippen LogP contribution in [0.1, 0.15) is 11.1 Å². The summed E-state index contributed by atoms with van der Waals surface area (Å²) in [7, 11) is 0. The molecule has 2 aromatic rings. The number of ether oxygens (including phenoxy) is 5. The molecule has 3 unspecified atom stereocenters. The molecule has 3 heterocycles. The van der Waals surface area contributed by atoms with E-state index in [2.05, 4.69) is 0 Å². The molecule has 0 radical (unpaired) electrons. The van der Waals surface area contributed by atoms with Gasteiger partial charge in [0.2, 0.25) is 0 Å². The Morgan fingerprint density at radius 2 is 1.11 bits per heavy atom. The quantitative estimate of drug-likeness (QED) is 0.839. The molecule has 4 bridgehead atoms. The van der Waals surface area contributed by atoms with Crippen molar-refractivity contribution in [2.45, 2.75) is 56.3 Å². The average molecular weight is 370 g/mol. The van der Waals surface area contributed by atoms with Gasteiger partial charge in [0.25, 0.3) is 6.48 Å². The normalized spacial score (nSPS) is 36.9. The predicted molar refractivity (Wildman–Crippen MR) is 94.5 cm³/mol. The third-order valence-electron chi connectivity index (χ3n) is 5.34. The Bertz CT molecular complexity index is 692. The van der Waals surface area contributed by atoms with Gasteiger partial charge in [-0.3, -0.25) is 0 Å². The minimum absolute atomic E-state index is 0.344. The van der Waals surface area contributed by atoms with E-state index >= 15 is 0 Å². The zero-order valence-corrected chi connectivity index (χ0v) is 14.7. The molecule has 7 atom stereocenters. The molecule has 1 aliphatic carbocycles. The molecular formula is C21H22O6. The molecule has 2 aromatic carbocycles. The largest absolute Gasteiger partial charge is 0.387 e. The van der Waals surface area contributed by atoms with E-state index in [1.54, 1.807) is 0 Å². The molecule has 6 rings (SSSR count). The van der Waals surface area contributed by atoms with Gasteiger partial charge in [-0.1, -0.05) is 60.7 Å². The van der Waals surface area contributed by atoms with E-state index in [9.17, 15) is 5.11 Å². The van der Waals surface area contributed by atoms with Gasteiger partial charge >= 0.3 is 0 Å². The van der Waals surface area contributed by atoms with Crippen molar-refractivity contribution in [2.24, 2.45) is 0 Å². The fourth-order valence-electron chi connectivity index (χ4n) is 4.00. The van der Waals surface area contributed by atoms with Gasteiger partial charge in [-0.2, -0.15) is 0 Å². The minimum Gasteiger partial charge on any atom is -0.387 e. The Kier molecular flexibility index (Phi) is 4.69. The number of rotatable bonds is 6. The summed E-state index contributed by atoms with van der Waals surface area (Å²) in [5, 5.41) is 10.7. The SMILES string of the molecule is OC1[C@H]2OC3OC([C@@H]2OCc2ccccc2)[C@H](OCc2ccccc2)[C@H]1O3. The van der Waals surface area contributed by atoms with Crippen molar-refractivity contribution in [3.05, 3.63) is 71.8 Å². The second-order valence-electron chi connectivity index (χ2n) is 7.10. The van der Waals surface area contributed by atoms with Crippen LogP contribution in [-0.2, 0) is 36.9 Å². The monoisotopic (exact) mass is 370 g/mol. The van der Waals surface area contributed by atoms with Gasteiger partial charge in [-0.05, 0) is 11.1 Å². The molecule has 6 heteroatoms. The van der Waals surface area contributed by atoms with Crippen molar-refractivity contribution in [1.82, 2.24) is 0 Å². The molecule has 1 saturated carbocycles. The van der Waals surface area contributed by atoms with E-state index in [1.165, 1.54) is 0 Å². The fraction of sp³-hybridized carbons (Fsp3) is 0.429. The second kappa shape index (κ2) is 7.31. The molecule has 4 aliphatic rings. The van der Waals surface area contributed by atoms with E-state index in [-0.39, 0.29) is 6.10 Å². The number of aliphatic hydroxyl groups excluding tert-OH is 1. The van der Waals surface area contributed by atoms with E-state index in [0.717, 1.165) is 11.1 Å². The average Bonchev–Trinajstić information content (AvgIpc) is 2.72. The summed E-state index contributed by atoms with van der Waals surface area (Å²) in [5.74, 6) is 0. The lowest BCUT2D eigenvalue weighted by Gasteiger charge is -2.57. The minimum atomic E-state index is -0.817. The molecule has 142 valence electrons. The first-order valence-corrected chi connectivity index (χ1v) is 9.25. The summed E-state index contributed by atoms with van der Waals surface area (Å²) in [4.78, 5) is 0. The van der Waals surface area contributed by atoms with E-state index in [4.69, 9.17) is 23.7 Å². The first-order valence-electron chi connectivity index (χ1n) is 9.25. The van der Waals surface area contributed by atoms with E-state index < -0.39 is 37.0 Å². The second-order valence-corrected chi connectivity index (χ2v) is 7.10. The molecule has 0 amide bonds. The first-order chi connectivity index (χ1) is 13.3. The van der Waals surface area contributed by atoms with Crippen LogP contribution in [0.3, 0.4) is 0 Å². The highest BCUT2D eigenvalue weighted by Gasteiger charge is 2.62. The zero-order chi connectivity index (χ0) is 18.2. The van der Waals surface area contributed by atoms with Crippen LogP contribution in [0.15, 0.2) is 60.7 Å². The summed E-state index contributed by atoms with van der Waals surface area (Å²) in [6, 6.07) is 19.8. The van der Waals surface area contributed by atoms with E-state index in [0.29, 0.717) is 13.2 Å². The van der Waals surface area contributed by atoms with Gasteiger partial charge in [0.1, 0.15) is 36.6 Å². The number of hydrogen-bond donors (Lipinski definition) is 1. The van der Waals surface area contributed by atoms with Crippen molar-refractivity contribution in [1.29, 1.82) is 0 Å². The Hall–Kier alpha value is -1.80. The summed E-state index contributed by atoms with van der Waals surface area (Å²) < 4.78 is 29.4. The zero-order valence-electron chi connectivity index (χ0n) is 14.7. The Labute approximate surface area is 157 Å². The lowest BCUT2D eigenvalue weighted by atomic mass is 9.82. The van der Waals surface area contributed by atoms with Crippen LogP contribution in [0.4, 0.5) is 0 Å². The van der Waals surface area contributed by atoms with Gasteiger partial charge in [-0.15, -0.1) is 0 Å². The van der Waals surface area contributed by atoms with Crippen molar-refractivity contribution in [3.63, 3.8) is 0 Å². The molecule has 4 fully saturated rings. The molecule has 27 heavy (non-hydrogen) atoms. The van der Waals surface area contributed by atoms with Gasteiger partial charge in [-0.25, -0.2) is 0 Å². The third kappa shape index (κ3) is 3.29. The van der Waals surface area contributed by atoms with Crippen LogP contribution in [0.5, 0.6) is 0 Å². The van der Waals surface area contributed by atoms with Crippen molar-refractivity contribution in [3.8, 4) is 0 Å². The Morgan fingerprint density at radius 1 is 0.667 bits per heavy atom. The maximum atomic E-state index is 10.7. The highest BCUT2D eigenvalue weighted by molar-refractivity contribution is 5.15. The van der Waals surface area contributed by atoms with E-state index in [1.807, 2.05) is 60.7 Å². The Balaban J connectivity index is 1.31. The maximum Gasteiger partial charge on any atom is 0.272 e. The van der Waals surface area contributed by atoms with Crippen LogP contribution in [0.25, 0.3) is 0 Å². The molecule has 1 N–H and O–H groups in total. The molecular weight excluding hydrogens is 348 g/mol. The molecule has 0 aromatic heterocycles. The summed E-state index contributed by atoms with van der Waals surface area (Å²) in [6.07, 6.45) is -2.96.